The molecule has 8 rings (SSSR count). The van der Waals surface area contributed by atoms with E-state index in [1.165, 1.54) is 33.4 Å². The van der Waals surface area contributed by atoms with Gasteiger partial charge in [-0.2, -0.15) is 0 Å². The molecule has 0 saturated carbocycles. The molecule has 0 saturated heterocycles. The number of rotatable bonds is 12. The van der Waals surface area contributed by atoms with Crippen molar-refractivity contribution in [2.75, 3.05) is 0 Å². The number of hydrogen-bond acceptors (Lipinski definition) is 2. The summed E-state index contributed by atoms with van der Waals surface area (Å²) in [5.41, 5.74) is 15.5. The Morgan fingerprint density at radius 1 is 0.356 bits per heavy atom. The predicted octanol–water partition coefficient (Wildman–Crippen LogP) is 14.8. The Hall–Kier alpha value is -7.88. The van der Waals surface area contributed by atoms with Gasteiger partial charge >= 0.3 is 0 Å². The Labute approximate surface area is 346 Å². The molecule has 0 aliphatic heterocycles. The molecule has 0 aliphatic rings. The van der Waals surface area contributed by atoms with Crippen molar-refractivity contribution >= 4 is 53.3 Å². The molecular formula is C56H41NO2. The van der Waals surface area contributed by atoms with Gasteiger partial charge in [0.25, 0.3) is 5.69 Å². The third-order valence-corrected chi connectivity index (χ3v) is 10.2. The van der Waals surface area contributed by atoms with Crippen molar-refractivity contribution < 1.29 is 4.92 Å². The zero-order valence-electron chi connectivity index (χ0n) is 32.4. The molecule has 0 amide bonds. The van der Waals surface area contributed by atoms with Crippen molar-refractivity contribution in [1.82, 2.24) is 0 Å². The van der Waals surface area contributed by atoms with E-state index in [4.69, 9.17) is 0 Å². The molecule has 0 aromatic heterocycles. The molecule has 0 atom stereocenters. The molecule has 0 bridgehead atoms. The van der Waals surface area contributed by atoms with Crippen molar-refractivity contribution in [2.45, 2.75) is 0 Å². The Morgan fingerprint density at radius 3 is 1.10 bits per heavy atom. The topological polar surface area (TPSA) is 43.1 Å². The standard InChI is InChI=1S/C56H41NO2/c58-57(59)54-37-35-47(36-38-54)53-34-33-46(31-29-42-21-25-44(26-22-42)39-55(48-13-5-1-6-14-48)49-15-7-2-8-16-49)52(41-53)32-30-43-23-27-45(28-24-43)40-56(50-17-9-3-10-18-50)51-19-11-4-12-20-51/h1-41H. The molecule has 0 unspecified atom stereocenters. The number of nitro benzene ring substituents is 1. The van der Waals surface area contributed by atoms with Crippen LogP contribution in [0.15, 0.2) is 212 Å². The Bertz CT molecular complexity index is 2680. The first-order valence-electron chi connectivity index (χ1n) is 19.7. The van der Waals surface area contributed by atoms with E-state index >= 15 is 0 Å². The lowest BCUT2D eigenvalue weighted by atomic mass is 9.95. The van der Waals surface area contributed by atoms with Crippen molar-refractivity contribution in [3.8, 4) is 11.1 Å². The van der Waals surface area contributed by atoms with Crippen molar-refractivity contribution in [1.29, 1.82) is 0 Å². The fraction of sp³-hybridized carbons (Fsp3) is 0. The highest BCUT2D eigenvalue weighted by Gasteiger charge is 2.09. The fourth-order valence-corrected chi connectivity index (χ4v) is 7.08. The van der Waals surface area contributed by atoms with Crippen LogP contribution in [0.2, 0.25) is 0 Å². The van der Waals surface area contributed by atoms with Gasteiger partial charge in [-0.15, -0.1) is 0 Å². The molecule has 0 radical (unpaired) electrons. The van der Waals surface area contributed by atoms with Gasteiger partial charge in [0.2, 0.25) is 0 Å². The molecule has 282 valence electrons. The number of nitrogens with zero attached hydrogens (tertiary/aromatic N) is 1. The molecule has 0 fully saturated rings. The highest BCUT2D eigenvalue weighted by atomic mass is 16.6. The van der Waals surface area contributed by atoms with Crippen LogP contribution in [0.1, 0.15) is 55.6 Å². The second-order valence-corrected chi connectivity index (χ2v) is 14.2. The molecule has 0 aliphatic carbocycles. The highest BCUT2D eigenvalue weighted by molar-refractivity contribution is 5.93. The van der Waals surface area contributed by atoms with Gasteiger partial charge in [-0.1, -0.05) is 206 Å². The number of non-ortho nitro benzene ring substituents is 1. The van der Waals surface area contributed by atoms with E-state index < -0.39 is 0 Å². The molecule has 0 N–H and O–H groups in total. The van der Waals surface area contributed by atoms with Crippen LogP contribution in [0.25, 0.3) is 58.7 Å². The van der Waals surface area contributed by atoms with Gasteiger partial charge < -0.3 is 0 Å². The van der Waals surface area contributed by atoms with Crippen LogP contribution in [0, 0.1) is 10.1 Å². The summed E-state index contributed by atoms with van der Waals surface area (Å²) in [7, 11) is 0. The minimum Gasteiger partial charge on any atom is -0.258 e. The highest BCUT2D eigenvalue weighted by Crippen LogP contribution is 2.30. The second-order valence-electron chi connectivity index (χ2n) is 14.2. The molecule has 0 spiro atoms. The van der Waals surface area contributed by atoms with E-state index in [0.29, 0.717) is 0 Å². The van der Waals surface area contributed by atoms with Gasteiger partial charge in [0.15, 0.2) is 0 Å². The van der Waals surface area contributed by atoms with Crippen LogP contribution in [-0.2, 0) is 0 Å². The monoisotopic (exact) mass is 759 g/mol. The molecule has 8 aromatic carbocycles. The first-order valence-corrected chi connectivity index (χ1v) is 19.7. The van der Waals surface area contributed by atoms with E-state index in [9.17, 15) is 10.1 Å². The zero-order chi connectivity index (χ0) is 40.2. The van der Waals surface area contributed by atoms with Gasteiger partial charge in [0.05, 0.1) is 4.92 Å². The second kappa shape index (κ2) is 18.4. The fourth-order valence-electron chi connectivity index (χ4n) is 7.08. The lowest BCUT2D eigenvalue weighted by molar-refractivity contribution is -0.384. The lowest BCUT2D eigenvalue weighted by Gasteiger charge is -2.09. The lowest BCUT2D eigenvalue weighted by Crippen LogP contribution is -1.89. The minimum absolute atomic E-state index is 0.0734. The number of nitro groups is 1. The summed E-state index contributed by atoms with van der Waals surface area (Å²) >= 11 is 0. The van der Waals surface area contributed by atoms with Crippen LogP contribution in [-0.4, -0.2) is 4.92 Å². The Balaban J connectivity index is 1.08. The quantitative estimate of drug-likeness (QED) is 0.0707. The zero-order valence-corrected chi connectivity index (χ0v) is 32.4. The van der Waals surface area contributed by atoms with Crippen LogP contribution in [0.3, 0.4) is 0 Å². The van der Waals surface area contributed by atoms with Gasteiger partial charge in [-0.25, -0.2) is 0 Å². The van der Waals surface area contributed by atoms with Gasteiger partial charge in [-0.05, 0) is 108 Å². The van der Waals surface area contributed by atoms with E-state index in [0.717, 1.165) is 44.5 Å². The molecule has 59 heavy (non-hydrogen) atoms. The average Bonchev–Trinajstić information content (AvgIpc) is 3.30. The maximum Gasteiger partial charge on any atom is 0.269 e. The van der Waals surface area contributed by atoms with Gasteiger partial charge in [0, 0.05) is 12.1 Å². The number of hydrogen-bond donors (Lipinski definition) is 0. The normalized spacial score (nSPS) is 11.1. The summed E-state index contributed by atoms with van der Waals surface area (Å²) in [6, 6.07) is 72.2. The number of benzene rings is 8. The maximum absolute atomic E-state index is 11.3. The third-order valence-electron chi connectivity index (χ3n) is 10.2. The van der Waals surface area contributed by atoms with Crippen LogP contribution < -0.4 is 0 Å². The van der Waals surface area contributed by atoms with E-state index in [2.05, 4.69) is 200 Å². The predicted molar refractivity (Wildman–Crippen MR) is 249 cm³/mol. The van der Waals surface area contributed by atoms with Crippen molar-refractivity contribution in [3.63, 3.8) is 0 Å². The van der Waals surface area contributed by atoms with Crippen LogP contribution in [0.5, 0.6) is 0 Å². The average molecular weight is 760 g/mol. The van der Waals surface area contributed by atoms with Crippen molar-refractivity contribution in [3.05, 3.63) is 278 Å². The third kappa shape index (κ3) is 9.75. The summed E-state index contributed by atoms with van der Waals surface area (Å²) in [4.78, 5) is 11.0. The Kier molecular flexibility index (Phi) is 11.8. The summed E-state index contributed by atoms with van der Waals surface area (Å²) in [6.07, 6.45) is 13.0. The summed E-state index contributed by atoms with van der Waals surface area (Å²) in [5.74, 6) is 0. The molecule has 3 heteroatoms. The first-order chi connectivity index (χ1) is 29.1. The minimum atomic E-state index is -0.370. The van der Waals surface area contributed by atoms with Crippen molar-refractivity contribution in [2.24, 2.45) is 0 Å². The molecule has 3 nitrogen and oxygen atoms in total. The molecule has 0 heterocycles. The van der Waals surface area contributed by atoms with E-state index in [-0.39, 0.29) is 10.6 Å². The van der Waals surface area contributed by atoms with Crippen LogP contribution >= 0.6 is 0 Å². The van der Waals surface area contributed by atoms with E-state index in [1.807, 2.05) is 24.3 Å². The summed E-state index contributed by atoms with van der Waals surface area (Å²) in [5, 5.41) is 11.3. The molecule has 8 aromatic rings. The first kappa shape index (κ1) is 38.0. The Morgan fingerprint density at radius 2 is 0.712 bits per heavy atom. The largest absolute Gasteiger partial charge is 0.269 e. The SMILES string of the molecule is O=[N+]([O-])c1ccc(-c2ccc(C=Cc3ccc(C=C(c4ccccc4)c4ccccc4)cc3)c(C=Cc3ccc(C=C(c4ccccc4)c4ccccc4)cc3)c2)cc1. The van der Waals surface area contributed by atoms with E-state index in [1.54, 1.807) is 24.3 Å². The van der Waals surface area contributed by atoms with Gasteiger partial charge in [0.1, 0.15) is 0 Å². The van der Waals surface area contributed by atoms with Gasteiger partial charge in [-0.3, -0.25) is 10.1 Å². The summed E-state index contributed by atoms with van der Waals surface area (Å²) < 4.78 is 0. The van der Waals surface area contributed by atoms with Crippen LogP contribution in [0.4, 0.5) is 5.69 Å². The maximum atomic E-state index is 11.3. The summed E-state index contributed by atoms with van der Waals surface area (Å²) in [6.45, 7) is 0. The smallest absolute Gasteiger partial charge is 0.258 e. The molecular weight excluding hydrogens is 719 g/mol.